The van der Waals surface area contributed by atoms with Gasteiger partial charge in [-0.3, -0.25) is 0 Å². The zero-order chi connectivity index (χ0) is 22.7. The summed E-state index contributed by atoms with van der Waals surface area (Å²) in [4.78, 5) is 1.81. The van der Waals surface area contributed by atoms with Crippen molar-refractivity contribution in [1.29, 1.82) is 0 Å². The Hall–Kier alpha value is -2.17. The highest BCUT2D eigenvalue weighted by molar-refractivity contribution is 6.31. The van der Waals surface area contributed by atoms with Crippen molar-refractivity contribution in [2.45, 2.75) is 71.0 Å². The van der Waals surface area contributed by atoms with Crippen LogP contribution in [0.4, 0.5) is 0 Å². The zero-order valence-electron chi connectivity index (χ0n) is 19.6. The highest BCUT2D eigenvalue weighted by Crippen LogP contribution is 2.66. The molecule has 4 saturated carbocycles. The lowest BCUT2D eigenvalue weighted by Gasteiger charge is -2.65. The van der Waals surface area contributed by atoms with E-state index >= 15 is 0 Å². The number of aromatic nitrogens is 3. The van der Waals surface area contributed by atoms with Crippen LogP contribution >= 0.6 is 11.6 Å². The van der Waals surface area contributed by atoms with Crippen LogP contribution in [0.5, 0.6) is 0 Å². The Morgan fingerprint density at radius 1 is 0.909 bits per heavy atom. The van der Waals surface area contributed by atoms with Crippen molar-refractivity contribution in [3.05, 3.63) is 70.9 Å². The lowest BCUT2D eigenvalue weighted by atomic mass is 9.43. The monoisotopic (exact) mass is 460 g/mol. The first-order valence-corrected chi connectivity index (χ1v) is 12.7. The zero-order valence-corrected chi connectivity index (χ0v) is 20.4. The summed E-state index contributed by atoms with van der Waals surface area (Å²) >= 11 is 6.42. The maximum absolute atomic E-state index is 6.42. The van der Waals surface area contributed by atoms with Crippen LogP contribution in [0.25, 0.3) is 11.3 Å². The van der Waals surface area contributed by atoms with Gasteiger partial charge < -0.3 is 5.32 Å². The summed E-state index contributed by atoms with van der Waals surface area (Å²) in [6, 6.07) is 18.4. The summed E-state index contributed by atoms with van der Waals surface area (Å²) in [5, 5.41) is 14.7. The molecular weight excluding hydrogens is 428 g/mol. The fourth-order valence-corrected chi connectivity index (χ4v) is 8.28. The van der Waals surface area contributed by atoms with Gasteiger partial charge in [0.1, 0.15) is 11.4 Å². The van der Waals surface area contributed by atoms with E-state index in [-0.39, 0.29) is 5.54 Å². The number of halogens is 1. The Balaban J connectivity index is 1.29. The van der Waals surface area contributed by atoms with Crippen molar-refractivity contribution >= 4 is 11.6 Å². The smallest absolute Gasteiger partial charge is 0.117 e. The van der Waals surface area contributed by atoms with E-state index in [1.807, 2.05) is 35.1 Å². The Morgan fingerprint density at radius 3 is 2.30 bits per heavy atom. The lowest BCUT2D eigenvalue weighted by Crippen LogP contribution is -2.63. The number of hydrogen-bond donors (Lipinski definition) is 1. The van der Waals surface area contributed by atoms with Gasteiger partial charge in [-0.15, -0.1) is 0 Å². The molecule has 172 valence electrons. The molecule has 2 unspecified atom stereocenters. The van der Waals surface area contributed by atoms with E-state index in [2.05, 4.69) is 43.4 Å². The summed E-state index contributed by atoms with van der Waals surface area (Å²) in [5.74, 6) is 0.869. The fraction of sp³-hybridized carbons (Fsp3) is 0.500. The first kappa shape index (κ1) is 21.4. The average Bonchev–Trinajstić information content (AvgIpc) is 3.15. The molecule has 33 heavy (non-hydrogen) atoms. The van der Waals surface area contributed by atoms with Gasteiger partial charge in [-0.2, -0.15) is 15.0 Å². The van der Waals surface area contributed by atoms with Gasteiger partial charge in [-0.1, -0.05) is 74.0 Å². The number of nitrogens with one attached hydrogen (secondary N) is 1. The Morgan fingerprint density at radius 2 is 1.61 bits per heavy atom. The molecule has 5 heteroatoms. The molecule has 1 aromatic heterocycles. The molecule has 0 amide bonds. The molecule has 2 aromatic carbocycles. The Labute approximate surface area is 201 Å². The molecule has 4 nitrogen and oxygen atoms in total. The van der Waals surface area contributed by atoms with Gasteiger partial charge in [0.15, 0.2) is 0 Å². The van der Waals surface area contributed by atoms with E-state index in [4.69, 9.17) is 21.8 Å². The van der Waals surface area contributed by atoms with Crippen LogP contribution in [0.1, 0.15) is 63.6 Å². The molecule has 0 saturated heterocycles. The van der Waals surface area contributed by atoms with Crippen molar-refractivity contribution in [3.63, 3.8) is 0 Å². The fourth-order valence-electron chi connectivity index (χ4n) is 8.09. The van der Waals surface area contributed by atoms with Gasteiger partial charge in [0.05, 0.1) is 6.54 Å². The minimum atomic E-state index is 0.239. The molecule has 4 aliphatic carbocycles. The van der Waals surface area contributed by atoms with Gasteiger partial charge >= 0.3 is 0 Å². The summed E-state index contributed by atoms with van der Waals surface area (Å²) in [7, 11) is 0. The van der Waals surface area contributed by atoms with Gasteiger partial charge in [-0.25, -0.2) is 0 Å². The normalized spacial score (nSPS) is 32.4. The second-order valence-electron chi connectivity index (χ2n) is 11.7. The Kier molecular flexibility index (Phi) is 4.97. The molecule has 0 spiro atoms. The van der Waals surface area contributed by atoms with Crippen molar-refractivity contribution in [3.8, 4) is 11.3 Å². The topological polar surface area (TPSA) is 42.7 Å². The summed E-state index contributed by atoms with van der Waals surface area (Å²) < 4.78 is 0. The third-order valence-electron chi connectivity index (χ3n) is 8.30. The highest BCUT2D eigenvalue weighted by atomic mass is 35.5. The van der Waals surface area contributed by atoms with Crippen LogP contribution in [0.2, 0.25) is 5.02 Å². The molecule has 1 N–H and O–H groups in total. The van der Waals surface area contributed by atoms with E-state index < -0.39 is 0 Å². The molecule has 4 fully saturated rings. The molecule has 7 rings (SSSR count). The van der Waals surface area contributed by atoms with E-state index in [0.29, 0.717) is 17.4 Å². The quantitative estimate of drug-likeness (QED) is 0.457. The molecule has 0 aliphatic heterocycles. The van der Waals surface area contributed by atoms with Crippen LogP contribution in [0.15, 0.2) is 54.6 Å². The minimum absolute atomic E-state index is 0.239. The van der Waals surface area contributed by atoms with E-state index in [1.54, 1.807) is 0 Å². The maximum Gasteiger partial charge on any atom is 0.117 e. The van der Waals surface area contributed by atoms with Crippen LogP contribution in [0, 0.1) is 16.7 Å². The molecular formula is C28H33ClN4. The van der Waals surface area contributed by atoms with Crippen molar-refractivity contribution in [2.75, 3.05) is 0 Å². The van der Waals surface area contributed by atoms with Crippen LogP contribution in [-0.2, 0) is 13.1 Å². The van der Waals surface area contributed by atoms with Crippen molar-refractivity contribution in [2.24, 2.45) is 16.7 Å². The van der Waals surface area contributed by atoms with Crippen LogP contribution in [0.3, 0.4) is 0 Å². The maximum atomic E-state index is 6.42. The minimum Gasteiger partial charge on any atom is -0.305 e. The SMILES string of the molecule is C[C@]12CC3CC(NCc4nn(Cc5ccccc5Cl)nc4-c4ccccc4)(C1)C[C@@](C)(C3)C2. The van der Waals surface area contributed by atoms with Crippen molar-refractivity contribution in [1.82, 2.24) is 20.3 Å². The molecule has 4 bridgehead atoms. The summed E-state index contributed by atoms with van der Waals surface area (Å²) in [6.07, 6.45) is 8.11. The van der Waals surface area contributed by atoms with Crippen LogP contribution < -0.4 is 5.32 Å². The number of benzene rings is 2. The largest absolute Gasteiger partial charge is 0.305 e. The highest BCUT2D eigenvalue weighted by Gasteiger charge is 2.59. The predicted octanol–water partition coefficient (Wildman–Crippen LogP) is 6.49. The number of rotatable bonds is 6. The molecule has 4 atom stereocenters. The predicted molar refractivity (Wildman–Crippen MR) is 133 cm³/mol. The lowest BCUT2D eigenvalue weighted by molar-refractivity contribution is -0.118. The standard InChI is InChI=1S/C28H33ClN4/c1-26-12-20-13-27(2,17-26)19-28(14-20,18-26)30-15-24-25(21-8-4-3-5-9-21)32-33(31-24)16-22-10-6-7-11-23(22)29/h3-11,20,30H,12-19H2,1-2H3/t20?,26-,27+,28?. The van der Waals surface area contributed by atoms with Gasteiger partial charge in [0, 0.05) is 22.7 Å². The summed E-state index contributed by atoms with van der Waals surface area (Å²) in [6.45, 7) is 6.39. The van der Waals surface area contributed by atoms with E-state index in [9.17, 15) is 0 Å². The molecule has 0 radical (unpaired) electrons. The first-order valence-electron chi connectivity index (χ1n) is 12.3. The first-order chi connectivity index (χ1) is 15.8. The second-order valence-corrected chi connectivity index (χ2v) is 12.2. The second kappa shape index (κ2) is 7.68. The van der Waals surface area contributed by atoms with Gasteiger partial charge in [0.2, 0.25) is 0 Å². The Bertz CT molecular complexity index is 1150. The van der Waals surface area contributed by atoms with E-state index in [1.165, 1.54) is 38.5 Å². The van der Waals surface area contributed by atoms with Crippen LogP contribution in [-0.4, -0.2) is 20.5 Å². The van der Waals surface area contributed by atoms with Crippen molar-refractivity contribution < 1.29 is 0 Å². The summed E-state index contributed by atoms with van der Waals surface area (Å²) in [5.41, 5.74) is 5.37. The molecule has 3 aromatic rings. The number of nitrogens with zero attached hydrogens (tertiary/aromatic N) is 3. The van der Waals surface area contributed by atoms with Gasteiger partial charge in [0.25, 0.3) is 0 Å². The third-order valence-corrected chi connectivity index (χ3v) is 8.67. The van der Waals surface area contributed by atoms with Gasteiger partial charge in [-0.05, 0) is 66.9 Å². The average molecular weight is 461 g/mol. The molecule has 1 heterocycles. The number of hydrogen-bond acceptors (Lipinski definition) is 3. The van der Waals surface area contributed by atoms with E-state index in [0.717, 1.165) is 40.0 Å². The third kappa shape index (κ3) is 4.02. The molecule has 4 aliphatic rings.